The van der Waals surface area contributed by atoms with E-state index in [1.54, 1.807) is 31.2 Å². The molecule has 0 fully saturated rings. The maximum Gasteiger partial charge on any atom is 0.335 e. The Balaban J connectivity index is 2.46. The lowest BCUT2D eigenvalue weighted by Gasteiger charge is -2.24. The molecule has 1 atom stereocenters. The highest BCUT2D eigenvalue weighted by Crippen LogP contribution is 2.33. The van der Waals surface area contributed by atoms with Crippen LogP contribution in [0.5, 0.6) is 0 Å². The molecule has 6 heteroatoms. The molecule has 2 N–H and O–H groups in total. The van der Waals surface area contributed by atoms with E-state index in [9.17, 15) is 14.3 Å². The van der Waals surface area contributed by atoms with Gasteiger partial charge in [0.25, 0.3) is 0 Å². The fraction of sp³-hybridized carbons (Fsp3) is 0.200. The highest BCUT2D eigenvalue weighted by molar-refractivity contribution is 8.13. The van der Waals surface area contributed by atoms with Crippen molar-refractivity contribution in [1.29, 1.82) is 0 Å². The topological polar surface area (TPSA) is 61.7 Å². The molecule has 1 aliphatic heterocycles. The van der Waals surface area contributed by atoms with Crippen molar-refractivity contribution in [3.05, 3.63) is 59.6 Å². The highest BCUT2D eigenvalue weighted by atomic mass is 32.2. The third-order valence-corrected chi connectivity index (χ3v) is 3.87. The lowest BCUT2D eigenvalue weighted by atomic mass is 9.96. The molecule has 1 aromatic carbocycles. The van der Waals surface area contributed by atoms with Gasteiger partial charge in [0, 0.05) is 17.0 Å². The zero-order valence-corrected chi connectivity index (χ0v) is 12.3. The van der Waals surface area contributed by atoms with E-state index in [0.717, 1.165) is 0 Å². The molecule has 1 heterocycles. The van der Waals surface area contributed by atoms with Crippen molar-refractivity contribution in [2.24, 2.45) is 4.99 Å². The molecule has 21 heavy (non-hydrogen) atoms. The van der Waals surface area contributed by atoms with Gasteiger partial charge in [-0.25, -0.2) is 14.2 Å². The molecule has 1 unspecified atom stereocenters. The number of rotatable bonds is 4. The summed E-state index contributed by atoms with van der Waals surface area (Å²) in [6.07, 6.45) is 1.72. The van der Waals surface area contributed by atoms with Crippen molar-refractivity contribution in [2.45, 2.75) is 13.0 Å². The Morgan fingerprint density at radius 3 is 2.90 bits per heavy atom. The van der Waals surface area contributed by atoms with Gasteiger partial charge in [0.05, 0.1) is 5.57 Å². The van der Waals surface area contributed by atoms with E-state index in [1.807, 2.05) is 0 Å². The van der Waals surface area contributed by atoms with E-state index in [4.69, 9.17) is 0 Å². The Bertz CT molecular complexity index is 640. The van der Waals surface area contributed by atoms with Crippen LogP contribution in [0.1, 0.15) is 18.5 Å². The minimum atomic E-state index is -1.11. The molecule has 0 radical (unpaired) electrons. The molecule has 0 aliphatic carbocycles. The largest absolute Gasteiger partial charge is 0.478 e. The Morgan fingerprint density at radius 1 is 1.57 bits per heavy atom. The number of carboxylic acid groups (broad SMARTS) is 1. The summed E-state index contributed by atoms with van der Waals surface area (Å²) in [5.41, 5.74) is 0.785. The van der Waals surface area contributed by atoms with Gasteiger partial charge in [0.2, 0.25) is 0 Å². The number of hydrogen-bond donors (Lipinski definition) is 2. The van der Waals surface area contributed by atoms with E-state index in [0.29, 0.717) is 16.6 Å². The molecule has 0 spiro atoms. The van der Waals surface area contributed by atoms with Gasteiger partial charge in [-0.1, -0.05) is 36.0 Å². The van der Waals surface area contributed by atoms with Gasteiger partial charge in [-0.15, -0.1) is 6.58 Å². The standard InChI is InChI=1S/C15H15FN2O2S/c1-3-8-21-15-17-9(2)12(14(19)20)13(18-15)10-6-4-5-7-11(10)16/h3-7,13H,1,8H2,2H3,(H,17,18)(H,19,20). The number of aliphatic imine (C=N–C) groups is 1. The number of amidine groups is 1. The summed E-state index contributed by atoms with van der Waals surface area (Å²) in [6, 6.07) is 5.24. The molecule has 110 valence electrons. The van der Waals surface area contributed by atoms with E-state index in [1.165, 1.54) is 17.8 Å². The second-order valence-electron chi connectivity index (χ2n) is 4.43. The van der Waals surface area contributed by atoms with Gasteiger partial charge in [0.1, 0.15) is 11.9 Å². The molecule has 0 bridgehead atoms. The monoisotopic (exact) mass is 306 g/mol. The van der Waals surface area contributed by atoms with Gasteiger partial charge in [-0.2, -0.15) is 0 Å². The van der Waals surface area contributed by atoms with Crippen molar-refractivity contribution in [1.82, 2.24) is 5.32 Å². The van der Waals surface area contributed by atoms with Gasteiger partial charge in [-0.05, 0) is 13.0 Å². The first kappa shape index (κ1) is 15.3. The predicted octanol–water partition coefficient (Wildman–Crippen LogP) is 3.10. The predicted molar refractivity (Wildman–Crippen MR) is 82.7 cm³/mol. The van der Waals surface area contributed by atoms with Crippen LogP contribution < -0.4 is 5.32 Å². The number of nitrogens with one attached hydrogen (secondary N) is 1. The molecule has 4 nitrogen and oxygen atoms in total. The maximum absolute atomic E-state index is 14.0. The zero-order chi connectivity index (χ0) is 15.4. The summed E-state index contributed by atoms with van der Waals surface area (Å²) in [7, 11) is 0. The number of thioether (sulfide) groups is 1. The lowest BCUT2D eigenvalue weighted by Crippen LogP contribution is -2.30. The first-order valence-corrected chi connectivity index (χ1v) is 7.30. The SMILES string of the molecule is C=CCSC1=NC(c2ccccc2F)C(C(=O)O)=C(C)N1. The van der Waals surface area contributed by atoms with E-state index >= 15 is 0 Å². The third kappa shape index (κ3) is 3.33. The Morgan fingerprint density at radius 2 is 2.29 bits per heavy atom. The number of halogens is 1. The maximum atomic E-state index is 14.0. The number of nitrogens with zero attached hydrogens (tertiary/aromatic N) is 1. The minimum Gasteiger partial charge on any atom is -0.478 e. The second kappa shape index (κ2) is 6.58. The van der Waals surface area contributed by atoms with Crippen LogP contribution in [0.2, 0.25) is 0 Å². The summed E-state index contributed by atoms with van der Waals surface area (Å²) >= 11 is 1.39. The molecule has 0 aromatic heterocycles. The van der Waals surface area contributed by atoms with Crippen molar-refractivity contribution < 1.29 is 14.3 Å². The summed E-state index contributed by atoms with van der Waals surface area (Å²) < 4.78 is 14.0. The molecule has 0 saturated carbocycles. The van der Waals surface area contributed by atoms with Crippen LogP contribution in [-0.2, 0) is 4.79 Å². The van der Waals surface area contributed by atoms with Crippen LogP contribution in [0.25, 0.3) is 0 Å². The van der Waals surface area contributed by atoms with Gasteiger partial charge in [0.15, 0.2) is 5.17 Å². The van der Waals surface area contributed by atoms with E-state index in [-0.39, 0.29) is 11.1 Å². The van der Waals surface area contributed by atoms with Crippen LogP contribution in [-0.4, -0.2) is 22.0 Å². The van der Waals surface area contributed by atoms with Crippen molar-refractivity contribution >= 4 is 22.9 Å². The fourth-order valence-corrected chi connectivity index (χ4v) is 2.74. The van der Waals surface area contributed by atoms with Gasteiger partial charge >= 0.3 is 5.97 Å². The fourth-order valence-electron chi connectivity index (χ4n) is 2.06. The van der Waals surface area contributed by atoms with Crippen LogP contribution in [0.4, 0.5) is 4.39 Å². The van der Waals surface area contributed by atoms with E-state index < -0.39 is 17.8 Å². The molecule has 0 amide bonds. The van der Waals surface area contributed by atoms with Crippen LogP contribution in [0.3, 0.4) is 0 Å². The Labute approximate surface area is 126 Å². The number of benzene rings is 1. The summed E-state index contributed by atoms with van der Waals surface area (Å²) in [6.45, 7) is 5.28. The number of aliphatic carboxylic acids is 1. The van der Waals surface area contributed by atoms with Crippen LogP contribution >= 0.6 is 11.8 Å². The van der Waals surface area contributed by atoms with Crippen molar-refractivity contribution in [2.75, 3.05) is 5.75 Å². The van der Waals surface area contributed by atoms with Gasteiger partial charge < -0.3 is 10.4 Å². The average Bonchev–Trinajstić information content (AvgIpc) is 2.44. The lowest BCUT2D eigenvalue weighted by molar-refractivity contribution is -0.133. The van der Waals surface area contributed by atoms with Crippen molar-refractivity contribution in [3.63, 3.8) is 0 Å². The quantitative estimate of drug-likeness (QED) is 0.839. The third-order valence-electron chi connectivity index (χ3n) is 2.99. The highest BCUT2D eigenvalue weighted by Gasteiger charge is 2.30. The number of carboxylic acids is 1. The smallest absolute Gasteiger partial charge is 0.335 e. The Hall–Kier alpha value is -2.08. The first-order valence-electron chi connectivity index (χ1n) is 6.31. The first-order chi connectivity index (χ1) is 10.0. The van der Waals surface area contributed by atoms with Crippen molar-refractivity contribution in [3.8, 4) is 0 Å². The molecule has 1 aromatic rings. The summed E-state index contributed by atoms with van der Waals surface area (Å²) in [5.74, 6) is -0.941. The van der Waals surface area contributed by atoms with E-state index in [2.05, 4.69) is 16.9 Å². The Kier molecular flexibility index (Phi) is 4.80. The number of hydrogen-bond acceptors (Lipinski definition) is 4. The zero-order valence-electron chi connectivity index (χ0n) is 11.5. The molecule has 1 aliphatic rings. The number of allylic oxidation sites excluding steroid dienone is 1. The van der Waals surface area contributed by atoms with Crippen LogP contribution in [0.15, 0.2) is 53.2 Å². The molecule has 0 saturated heterocycles. The minimum absolute atomic E-state index is 0.0584. The number of carbonyl (C=O) groups is 1. The summed E-state index contributed by atoms with van der Waals surface area (Å²) in [4.78, 5) is 15.8. The summed E-state index contributed by atoms with van der Waals surface area (Å²) in [5, 5.41) is 12.9. The van der Waals surface area contributed by atoms with Gasteiger partial charge in [-0.3, -0.25) is 0 Å². The van der Waals surface area contributed by atoms with Crippen LogP contribution in [0, 0.1) is 5.82 Å². The molecular weight excluding hydrogens is 291 g/mol. The molecular formula is C15H15FN2O2S. The average molecular weight is 306 g/mol. The normalized spacial score (nSPS) is 18.0. The second-order valence-corrected chi connectivity index (χ2v) is 5.44. The molecule has 2 rings (SSSR count).